The Bertz CT molecular complexity index is 2650. The summed E-state index contributed by atoms with van der Waals surface area (Å²) in [5.74, 6) is -0.457. The number of anilines is 1. The monoisotopic (exact) mass is 794 g/mol. The summed E-state index contributed by atoms with van der Waals surface area (Å²) in [4.78, 5) is 34.1. The molecule has 1 aliphatic heterocycles. The topological polar surface area (TPSA) is 107 Å². The Hall–Kier alpha value is -5.10. The lowest BCUT2D eigenvalue weighted by Gasteiger charge is -2.35. The van der Waals surface area contributed by atoms with Crippen LogP contribution in [0.25, 0.3) is 32.9 Å². The van der Waals surface area contributed by atoms with E-state index in [0.717, 1.165) is 72.0 Å². The summed E-state index contributed by atoms with van der Waals surface area (Å²) < 4.78 is 12.0. The number of benzene rings is 3. The van der Waals surface area contributed by atoms with Crippen molar-refractivity contribution in [1.29, 1.82) is 0 Å². The van der Waals surface area contributed by atoms with Crippen molar-refractivity contribution in [2.24, 2.45) is 7.05 Å². The number of carbonyl (C=O) groups is 2. The molecule has 4 aromatic heterocycles. The molecule has 0 aliphatic carbocycles. The lowest BCUT2D eigenvalue weighted by atomic mass is 9.98. The third-order valence-corrected chi connectivity index (χ3v) is 12.3. The van der Waals surface area contributed by atoms with Gasteiger partial charge in [0.15, 0.2) is 0 Å². The highest BCUT2D eigenvalue weighted by Crippen LogP contribution is 2.46. The normalized spacial score (nSPS) is 14.4. The Morgan fingerprint density at radius 1 is 1.04 bits per heavy atom. The zero-order valence-electron chi connectivity index (χ0n) is 31.4. The average Bonchev–Trinajstić information content (AvgIpc) is 3.93. The zero-order chi connectivity index (χ0) is 38.9. The van der Waals surface area contributed by atoms with Gasteiger partial charge in [0.25, 0.3) is 5.91 Å². The number of hydrogen-bond donors (Lipinski definition) is 1. The Balaban J connectivity index is 1.28. The second-order valence-corrected chi connectivity index (χ2v) is 15.9. The Kier molecular flexibility index (Phi) is 9.51. The summed E-state index contributed by atoms with van der Waals surface area (Å²) >= 11 is 15.0. The Morgan fingerprint density at radius 3 is 2.47 bits per heavy atom. The SMILES string of the molecule is Cc1cc(OCCCc2c3n(c4c(-c5c(C)nn(C)c5C)c(Cl)ccc24)[C@H](C)CN(c2cccc4cc(C(=O)O)n(Cc5cscn5)c24)C3=O)cc(C)c1Cl. The van der Waals surface area contributed by atoms with E-state index in [1.807, 2.05) is 92.2 Å². The molecule has 10 nitrogen and oxygen atoms in total. The van der Waals surface area contributed by atoms with Crippen LogP contribution in [-0.4, -0.2) is 54.0 Å². The molecule has 13 heteroatoms. The minimum atomic E-state index is -1.05. The van der Waals surface area contributed by atoms with Gasteiger partial charge in [-0.2, -0.15) is 5.10 Å². The van der Waals surface area contributed by atoms with Crippen molar-refractivity contribution in [3.63, 3.8) is 0 Å². The molecule has 282 valence electrons. The summed E-state index contributed by atoms with van der Waals surface area (Å²) in [5, 5.41) is 19.9. The third-order valence-electron chi connectivity index (χ3n) is 10.8. The second kappa shape index (κ2) is 14.2. The minimum Gasteiger partial charge on any atom is -0.494 e. The molecular formula is C42H40Cl2N6O4S. The molecule has 0 unspecified atom stereocenters. The van der Waals surface area contributed by atoms with Crippen molar-refractivity contribution in [3.05, 3.63) is 115 Å². The molecule has 1 N–H and O–H groups in total. The fraction of sp³-hybridized carbons (Fsp3) is 0.286. The van der Waals surface area contributed by atoms with Crippen LogP contribution in [0.15, 0.2) is 59.4 Å². The van der Waals surface area contributed by atoms with Gasteiger partial charge in [-0.25, -0.2) is 9.78 Å². The first-order valence-corrected chi connectivity index (χ1v) is 19.8. The van der Waals surface area contributed by atoms with E-state index in [9.17, 15) is 9.90 Å². The Morgan fingerprint density at radius 2 is 1.80 bits per heavy atom. The number of thiazole rings is 1. The lowest BCUT2D eigenvalue weighted by Crippen LogP contribution is -2.43. The average molecular weight is 796 g/mol. The number of carboxylic acids is 1. The van der Waals surface area contributed by atoms with E-state index in [1.54, 1.807) is 16.1 Å². The van der Waals surface area contributed by atoms with Crippen molar-refractivity contribution in [2.45, 2.75) is 60.0 Å². The summed E-state index contributed by atoms with van der Waals surface area (Å²) in [5.41, 5.74) is 11.9. The van der Waals surface area contributed by atoms with Crippen LogP contribution in [0.1, 0.15) is 74.1 Å². The minimum absolute atomic E-state index is 0.135. The maximum absolute atomic E-state index is 15.3. The number of para-hydroxylation sites is 1. The van der Waals surface area contributed by atoms with Crippen molar-refractivity contribution in [3.8, 4) is 16.9 Å². The van der Waals surface area contributed by atoms with Gasteiger partial charge in [0.1, 0.15) is 17.1 Å². The summed E-state index contributed by atoms with van der Waals surface area (Å²) in [6.45, 7) is 11.1. The number of rotatable bonds is 10. The molecule has 1 amide bonds. The molecule has 8 rings (SSSR count). The van der Waals surface area contributed by atoms with Crippen LogP contribution in [0.2, 0.25) is 10.0 Å². The molecule has 0 saturated carbocycles. The summed E-state index contributed by atoms with van der Waals surface area (Å²) in [6, 6.07) is 15.0. The fourth-order valence-electron chi connectivity index (χ4n) is 8.28. The number of aryl methyl sites for hydroxylation is 5. The molecular weight excluding hydrogens is 755 g/mol. The molecule has 0 saturated heterocycles. The van der Waals surface area contributed by atoms with Crippen LogP contribution in [0.5, 0.6) is 5.75 Å². The molecule has 0 radical (unpaired) electrons. The largest absolute Gasteiger partial charge is 0.494 e. The smallest absolute Gasteiger partial charge is 0.352 e. The van der Waals surface area contributed by atoms with Crippen LogP contribution < -0.4 is 9.64 Å². The van der Waals surface area contributed by atoms with E-state index >= 15 is 4.79 Å². The van der Waals surface area contributed by atoms with E-state index in [2.05, 4.69) is 16.5 Å². The van der Waals surface area contributed by atoms with E-state index in [1.165, 1.54) is 11.3 Å². The van der Waals surface area contributed by atoms with Gasteiger partial charge >= 0.3 is 5.97 Å². The molecule has 1 aliphatic rings. The summed E-state index contributed by atoms with van der Waals surface area (Å²) in [7, 11) is 1.92. The maximum Gasteiger partial charge on any atom is 0.352 e. The molecule has 1 atom stereocenters. The number of carbonyl (C=O) groups excluding carboxylic acids is 1. The highest BCUT2D eigenvalue weighted by molar-refractivity contribution is 7.07. The highest BCUT2D eigenvalue weighted by Gasteiger charge is 2.38. The highest BCUT2D eigenvalue weighted by atomic mass is 35.5. The first kappa shape index (κ1) is 36.9. The standard InChI is InChI=1S/C42H40Cl2N6O4S/c1-22-15-29(16-23(2)37(22)44)54-14-8-10-30-31-12-13-32(43)36(35-25(4)46-47(6)26(35)5)39(31)50-24(3)18-49(41(51)40(30)50)33-11-7-9-27-17-34(42(52)53)48(38(27)33)19-28-20-55-21-45-28/h7,9,11-13,15-17,20-21,24H,8,10,14,18-19H2,1-6H3,(H,52,53)/t24-/m1/s1. The predicted molar refractivity (Wildman–Crippen MR) is 220 cm³/mol. The predicted octanol–water partition coefficient (Wildman–Crippen LogP) is 9.97. The summed E-state index contributed by atoms with van der Waals surface area (Å²) in [6.07, 6.45) is 1.21. The van der Waals surface area contributed by atoms with Crippen molar-refractivity contribution in [1.82, 2.24) is 23.9 Å². The van der Waals surface area contributed by atoms with Gasteiger partial charge in [0, 0.05) is 57.6 Å². The number of nitrogens with zero attached hydrogens (tertiary/aromatic N) is 6. The van der Waals surface area contributed by atoms with E-state index in [-0.39, 0.29) is 24.2 Å². The maximum atomic E-state index is 15.3. The van der Waals surface area contributed by atoms with Gasteiger partial charge in [-0.3, -0.25) is 9.48 Å². The lowest BCUT2D eigenvalue weighted by molar-refractivity contribution is 0.0686. The quantitative estimate of drug-likeness (QED) is 0.138. The van der Waals surface area contributed by atoms with Gasteiger partial charge in [-0.05, 0) is 94.5 Å². The van der Waals surface area contributed by atoms with E-state index in [0.29, 0.717) is 47.9 Å². The number of aromatic nitrogens is 5. The van der Waals surface area contributed by atoms with Crippen LogP contribution in [0, 0.1) is 27.7 Å². The number of halogens is 2. The van der Waals surface area contributed by atoms with Gasteiger partial charge in [-0.1, -0.05) is 41.4 Å². The molecule has 0 fully saturated rings. The second-order valence-electron chi connectivity index (χ2n) is 14.4. The number of fused-ring (bicyclic) bond motifs is 4. The molecule has 0 bridgehead atoms. The molecule has 7 aromatic rings. The number of carboxylic acid groups (broad SMARTS) is 1. The number of amides is 1. The number of aromatic carboxylic acids is 1. The van der Waals surface area contributed by atoms with E-state index in [4.69, 9.17) is 33.0 Å². The zero-order valence-corrected chi connectivity index (χ0v) is 33.7. The van der Waals surface area contributed by atoms with Crippen LogP contribution in [-0.2, 0) is 20.0 Å². The fourth-order valence-corrected chi connectivity index (χ4v) is 9.18. The van der Waals surface area contributed by atoms with Gasteiger partial charge in [0.2, 0.25) is 0 Å². The van der Waals surface area contributed by atoms with E-state index < -0.39 is 5.97 Å². The van der Waals surface area contributed by atoms with Crippen molar-refractivity contribution in [2.75, 3.05) is 18.1 Å². The molecule has 5 heterocycles. The molecule has 55 heavy (non-hydrogen) atoms. The van der Waals surface area contributed by atoms with Gasteiger partial charge in [-0.15, -0.1) is 11.3 Å². The van der Waals surface area contributed by atoms with Crippen molar-refractivity contribution >= 4 is 73.9 Å². The molecule has 0 spiro atoms. The van der Waals surface area contributed by atoms with Crippen LogP contribution in [0.4, 0.5) is 5.69 Å². The van der Waals surface area contributed by atoms with Crippen LogP contribution >= 0.6 is 34.5 Å². The first-order valence-electron chi connectivity index (χ1n) is 18.2. The number of ether oxygens (including phenoxy) is 1. The van der Waals surface area contributed by atoms with Gasteiger partial charge < -0.3 is 23.9 Å². The third kappa shape index (κ3) is 6.18. The van der Waals surface area contributed by atoms with Crippen LogP contribution in [0.3, 0.4) is 0 Å². The van der Waals surface area contributed by atoms with Crippen molar-refractivity contribution < 1.29 is 19.4 Å². The number of hydrogen-bond acceptors (Lipinski definition) is 6. The first-order chi connectivity index (χ1) is 26.3. The Labute approximate surface area is 332 Å². The van der Waals surface area contributed by atoms with Gasteiger partial charge in [0.05, 0.1) is 51.8 Å². The molecule has 3 aromatic carbocycles.